The minimum absolute atomic E-state index is 0.0899. The Labute approximate surface area is 143 Å². The molecule has 2 N–H and O–H groups in total. The van der Waals surface area contributed by atoms with Crippen LogP contribution in [-0.4, -0.2) is 23.2 Å². The topological polar surface area (TPSA) is 71.5 Å². The van der Waals surface area contributed by atoms with Gasteiger partial charge in [-0.1, -0.05) is 17.7 Å². The van der Waals surface area contributed by atoms with Gasteiger partial charge in [0.25, 0.3) is 0 Å². The molecule has 2 aromatic carbocycles. The number of hydrogen-bond acceptors (Lipinski definition) is 4. The van der Waals surface area contributed by atoms with Crippen molar-refractivity contribution < 1.29 is 14.6 Å². The summed E-state index contributed by atoms with van der Waals surface area (Å²) < 4.78 is 5.21. The van der Waals surface area contributed by atoms with Gasteiger partial charge in [0.1, 0.15) is 11.3 Å². The highest BCUT2D eigenvalue weighted by Crippen LogP contribution is 2.33. The van der Waals surface area contributed by atoms with E-state index in [1.54, 1.807) is 25.3 Å². The molecule has 122 valence electrons. The lowest BCUT2D eigenvalue weighted by Gasteiger charge is -2.14. The number of aromatic nitrogens is 1. The van der Waals surface area contributed by atoms with Gasteiger partial charge in [0.15, 0.2) is 0 Å². The summed E-state index contributed by atoms with van der Waals surface area (Å²) in [6.07, 6.45) is 1.34. The van der Waals surface area contributed by atoms with Crippen molar-refractivity contribution in [1.82, 2.24) is 4.98 Å². The zero-order chi connectivity index (χ0) is 17.3. The maximum atomic E-state index is 11.6. The molecule has 6 heteroatoms. The first-order chi connectivity index (χ1) is 11.5. The van der Waals surface area contributed by atoms with Crippen LogP contribution in [0.2, 0.25) is 5.02 Å². The third kappa shape index (κ3) is 2.86. The fraction of sp³-hybridized carbons (Fsp3) is 0.111. The lowest BCUT2D eigenvalue weighted by atomic mass is 10.1. The van der Waals surface area contributed by atoms with E-state index in [1.807, 2.05) is 25.1 Å². The summed E-state index contributed by atoms with van der Waals surface area (Å²) in [5.41, 5.74) is 2.75. The van der Waals surface area contributed by atoms with Gasteiger partial charge in [-0.15, -0.1) is 0 Å². The first kappa shape index (κ1) is 16.1. The van der Waals surface area contributed by atoms with Gasteiger partial charge in [-0.05, 0) is 36.8 Å². The number of halogens is 1. The summed E-state index contributed by atoms with van der Waals surface area (Å²) in [6.45, 7) is 1.85. The first-order valence-corrected chi connectivity index (χ1v) is 7.61. The highest BCUT2D eigenvalue weighted by atomic mass is 35.5. The highest BCUT2D eigenvalue weighted by molar-refractivity contribution is 6.32. The number of aryl methyl sites for hydroxylation is 1. The van der Waals surface area contributed by atoms with Crippen molar-refractivity contribution in [3.8, 4) is 5.75 Å². The van der Waals surface area contributed by atoms with Crippen LogP contribution in [0.5, 0.6) is 5.75 Å². The van der Waals surface area contributed by atoms with Gasteiger partial charge >= 0.3 is 5.97 Å². The average Bonchev–Trinajstić information content (AvgIpc) is 2.58. The van der Waals surface area contributed by atoms with Gasteiger partial charge in [-0.3, -0.25) is 4.98 Å². The SMILES string of the molecule is COc1cccc(Nc2c(C(=O)O)cnc3c(C)c(Cl)ccc23)c1. The van der Waals surface area contributed by atoms with Gasteiger partial charge in [-0.25, -0.2) is 4.79 Å². The second kappa shape index (κ2) is 6.37. The van der Waals surface area contributed by atoms with Crippen molar-refractivity contribution in [3.63, 3.8) is 0 Å². The van der Waals surface area contributed by atoms with E-state index in [-0.39, 0.29) is 5.56 Å². The molecule has 0 saturated heterocycles. The Balaban J connectivity index is 2.21. The lowest BCUT2D eigenvalue weighted by Crippen LogP contribution is -2.05. The van der Waals surface area contributed by atoms with Crippen molar-refractivity contribution in [1.29, 1.82) is 0 Å². The van der Waals surface area contributed by atoms with Gasteiger partial charge < -0.3 is 15.2 Å². The lowest BCUT2D eigenvalue weighted by molar-refractivity contribution is 0.0697. The van der Waals surface area contributed by atoms with Gasteiger partial charge in [-0.2, -0.15) is 0 Å². The zero-order valence-corrected chi connectivity index (χ0v) is 13.9. The Hall–Kier alpha value is -2.79. The number of aromatic carboxylic acids is 1. The predicted molar refractivity (Wildman–Crippen MR) is 94.7 cm³/mol. The van der Waals surface area contributed by atoms with E-state index in [0.29, 0.717) is 27.4 Å². The summed E-state index contributed by atoms with van der Waals surface area (Å²) >= 11 is 6.15. The van der Waals surface area contributed by atoms with Crippen molar-refractivity contribution in [2.24, 2.45) is 0 Å². The highest BCUT2D eigenvalue weighted by Gasteiger charge is 2.17. The maximum Gasteiger partial charge on any atom is 0.339 e. The Kier molecular flexibility index (Phi) is 4.27. The number of pyridine rings is 1. The largest absolute Gasteiger partial charge is 0.497 e. The minimum atomic E-state index is -1.05. The third-order valence-corrected chi connectivity index (χ3v) is 4.21. The summed E-state index contributed by atoms with van der Waals surface area (Å²) in [4.78, 5) is 15.9. The molecular weight excluding hydrogens is 328 g/mol. The van der Waals surface area contributed by atoms with E-state index in [0.717, 1.165) is 11.3 Å². The molecule has 1 heterocycles. The van der Waals surface area contributed by atoms with Crippen LogP contribution in [0.4, 0.5) is 11.4 Å². The molecule has 0 atom stereocenters. The smallest absolute Gasteiger partial charge is 0.339 e. The van der Waals surface area contributed by atoms with Gasteiger partial charge in [0, 0.05) is 28.4 Å². The number of carbonyl (C=O) groups is 1. The number of ether oxygens (including phenoxy) is 1. The zero-order valence-electron chi connectivity index (χ0n) is 13.1. The molecular formula is C18H15ClN2O3. The van der Waals surface area contributed by atoms with Crippen molar-refractivity contribution in [2.45, 2.75) is 6.92 Å². The fourth-order valence-electron chi connectivity index (χ4n) is 2.52. The van der Waals surface area contributed by atoms with Crippen LogP contribution in [0.15, 0.2) is 42.6 Å². The maximum absolute atomic E-state index is 11.6. The Bertz CT molecular complexity index is 941. The molecule has 5 nitrogen and oxygen atoms in total. The van der Waals surface area contributed by atoms with Crippen LogP contribution >= 0.6 is 11.6 Å². The first-order valence-electron chi connectivity index (χ1n) is 7.23. The monoisotopic (exact) mass is 342 g/mol. The van der Waals surface area contributed by atoms with Crippen LogP contribution < -0.4 is 10.1 Å². The van der Waals surface area contributed by atoms with Gasteiger partial charge in [0.2, 0.25) is 0 Å². The van der Waals surface area contributed by atoms with Crippen molar-refractivity contribution in [2.75, 3.05) is 12.4 Å². The molecule has 0 bridgehead atoms. The summed E-state index contributed by atoms with van der Waals surface area (Å²) in [5.74, 6) is -0.378. The molecule has 0 aliphatic rings. The number of benzene rings is 2. The summed E-state index contributed by atoms with van der Waals surface area (Å²) in [5, 5.41) is 14.0. The number of hydrogen-bond donors (Lipinski definition) is 2. The summed E-state index contributed by atoms with van der Waals surface area (Å²) in [6, 6.07) is 10.8. The molecule has 1 aromatic heterocycles. The van der Waals surface area contributed by atoms with Gasteiger partial charge in [0.05, 0.1) is 18.3 Å². The Morgan fingerprint density at radius 3 is 2.79 bits per heavy atom. The predicted octanol–water partition coefficient (Wildman–Crippen LogP) is 4.65. The summed E-state index contributed by atoms with van der Waals surface area (Å²) in [7, 11) is 1.58. The molecule has 24 heavy (non-hydrogen) atoms. The average molecular weight is 343 g/mol. The van der Waals surface area contributed by atoms with Crippen LogP contribution in [0, 0.1) is 6.92 Å². The van der Waals surface area contributed by atoms with Crippen molar-refractivity contribution in [3.05, 3.63) is 58.7 Å². The molecule has 3 aromatic rings. The van der Waals surface area contributed by atoms with E-state index in [4.69, 9.17) is 16.3 Å². The second-order valence-corrected chi connectivity index (χ2v) is 5.68. The van der Waals surface area contributed by atoms with E-state index < -0.39 is 5.97 Å². The number of rotatable bonds is 4. The molecule has 0 fully saturated rings. The van der Waals surface area contributed by atoms with Crippen LogP contribution in [0.3, 0.4) is 0 Å². The minimum Gasteiger partial charge on any atom is -0.497 e. The molecule has 0 aliphatic heterocycles. The Morgan fingerprint density at radius 1 is 1.29 bits per heavy atom. The van der Waals surface area contributed by atoms with Crippen molar-refractivity contribution >= 4 is 39.8 Å². The van der Waals surface area contributed by atoms with E-state index in [2.05, 4.69) is 10.3 Å². The van der Waals surface area contributed by atoms with Crippen LogP contribution in [0.1, 0.15) is 15.9 Å². The molecule has 0 spiro atoms. The Morgan fingerprint density at radius 2 is 2.08 bits per heavy atom. The second-order valence-electron chi connectivity index (χ2n) is 5.28. The quantitative estimate of drug-likeness (QED) is 0.722. The number of carboxylic acid groups (broad SMARTS) is 1. The standard InChI is InChI=1S/C18H15ClN2O3/c1-10-15(19)7-6-13-16(10)20-9-14(18(22)23)17(13)21-11-4-3-5-12(8-11)24-2/h3-9H,1-2H3,(H,20,21)(H,22,23). The van der Waals surface area contributed by atoms with E-state index >= 15 is 0 Å². The molecule has 0 radical (unpaired) electrons. The van der Waals surface area contributed by atoms with Crippen LogP contribution in [-0.2, 0) is 0 Å². The molecule has 0 unspecified atom stereocenters. The van der Waals surface area contributed by atoms with E-state index in [1.165, 1.54) is 6.20 Å². The number of anilines is 2. The number of methoxy groups -OCH3 is 1. The van der Waals surface area contributed by atoms with E-state index in [9.17, 15) is 9.90 Å². The number of nitrogens with zero attached hydrogens (tertiary/aromatic N) is 1. The molecule has 0 amide bonds. The number of carboxylic acids is 1. The molecule has 0 saturated carbocycles. The number of fused-ring (bicyclic) bond motifs is 1. The molecule has 0 aliphatic carbocycles. The number of nitrogens with one attached hydrogen (secondary N) is 1. The molecule has 3 rings (SSSR count). The third-order valence-electron chi connectivity index (χ3n) is 3.80. The normalized spacial score (nSPS) is 10.6. The fourth-order valence-corrected chi connectivity index (χ4v) is 2.68. The van der Waals surface area contributed by atoms with Crippen LogP contribution in [0.25, 0.3) is 10.9 Å².